The number of hydrogen-bond acceptors (Lipinski definition) is 2. The van der Waals surface area contributed by atoms with Crippen LogP contribution in [0.5, 0.6) is 0 Å². The van der Waals surface area contributed by atoms with E-state index < -0.39 is 0 Å². The number of para-hydroxylation sites is 1. The highest BCUT2D eigenvalue weighted by atomic mass is 35.5. The fourth-order valence-corrected chi connectivity index (χ4v) is 3.57. The summed E-state index contributed by atoms with van der Waals surface area (Å²) in [6.07, 6.45) is 2.32. The second kappa shape index (κ2) is 4.11. The second-order valence-corrected chi connectivity index (χ2v) is 5.80. The zero-order valence-electron chi connectivity index (χ0n) is 8.74. The predicted octanol–water partition coefficient (Wildman–Crippen LogP) is 4.50. The third kappa shape index (κ3) is 1.83. The lowest BCUT2D eigenvalue weighted by atomic mass is 10.1. The number of benzene rings is 1. The Bertz CT molecular complexity index is 492. The van der Waals surface area contributed by atoms with Gasteiger partial charge in [0.25, 0.3) is 0 Å². The molecule has 3 heteroatoms. The van der Waals surface area contributed by atoms with Gasteiger partial charge in [0.15, 0.2) is 0 Å². The van der Waals surface area contributed by atoms with Crippen molar-refractivity contribution in [2.45, 2.75) is 18.9 Å². The van der Waals surface area contributed by atoms with E-state index in [0.29, 0.717) is 6.04 Å². The van der Waals surface area contributed by atoms with Gasteiger partial charge in [-0.15, -0.1) is 11.3 Å². The Kier molecular flexibility index (Phi) is 2.62. The number of nitrogens with one attached hydrogen (secondary N) is 1. The summed E-state index contributed by atoms with van der Waals surface area (Å²) in [7, 11) is 0. The van der Waals surface area contributed by atoms with Crippen molar-refractivity contribution in [1.29, 1.82) is 0 Å². The molecule has 1 nitrogen and oxygen atoms in total. The fourth-order valence-electron chi connectivity index (χ4n) is 2.22. The average Bonchev–Trinajstić information content (AvgIpc) is 2.81. The number of hydrogen-bond donors (Lipinski definition) is 1. The first-order chi connectivity index (χ1) is 7.83. The van der Waals surface area contributed by atoms with Crippen LogP contribution in [0, 0.1) is 0 Å². The van der Waals surface area contributed by atoms with Crippen molar-refractivity contribution in [2.24, 2.45) is 0 Å². The van der Waals surface area contributed by atoms with Gasteiger partial charge in [-0.25, -0.2) is 0 Å². The van der Waals surface area contributed by atoms with Crippen molar-refractivity contribution in [3.8, 4) is 0 Å². The highest BCUT2D eigenvalue weighted by Crippen LogP contribution is 2.40. The average molecular weight is 250 g/mol. The Morgan fingerprint density at radius 3 is 2.88 bits per heavy atom. The Morgan fingerprint density at radius 1 is 1.25 bits per heavy atom. The summed E-state index contributed by atoms with van der Waals surface area (Å²) in [4.78, 5) is 1.44. The third-order valence-electron chi connectivity index (χ3n) is 2.96. The summed E-state index contributed by atoms with van der Waals surface area (Å²) in [5.74, 6) is 0. The lowest BCUT2D eigenvalue weighted by Gasteiger charge is -2.14. The summed E-state index contributed by atoms with van der Waals surface area (Å²) in [6.45, 7) is 0. The van der Waals surface area contributed by atoms with Crippen LogP contribution in [0.1, 0.15) is 22.9 Å². The molecule has 1 N–H and O–H groups in total. The minimum absolute atomic E-state index is 0.432. The monoisotopic (exact) mass is 249 g/mol. The molecule has 1 aromatic heterocycles. The molecule has 1 aliphatic rings. The van der Waals surface area contributed by atoms with Gasteiger partial charge >= 0.3 is 0 Å². The molecule has 0 amide bonds. The minimum Gasteiger partial charge on any atom is -0.378 e. The molecule has 82 valence electrons. The molecule has 1 unspecified atom stereocenters. The van der Waals surface area contributed by atoms with Crippen LogP contribution in [0.3, 0.4) is 0 Å². The maximum atomic E-state index is 6.04. The standard InChI is InChI=1S/C13H12ClNS/c14-13-8-10-11(6-7-12(10)16-13)15-9-4-2-1-3-5-9/h1-5,8,11,15H,6-7H2. The van der Waals surface area contributed by atoms with E-state index in [1.165, 1.54) is 22.5 Å². The quantitative estimate of drug-likeness (QED) is 0.826. The molecule has 0 bridgehead atoms. The highest BCUT2D eigenvalue weighted by Gasteiger charge is 2.24. The molecule has 1 aromatic carbocycles. The van der Waals surface area contributed by atoms with Gasteiger partial charge in [-0.2, -0.15) is 0 Å². The maximum absolute atomic E-state index is 6.04. The Labute approximate surface area is 104 Å². The van der Waals surface area contributed by atoms with Gasteiger partial charge in [-0.05, 0) is 36.6 Å². The smallest absolute Gasteiger partial charge is 0.0934 e. The molecule has 3 rings (SSSR count). The van der Waals surface area contributed by atoms with Gasteiger partial charge < -0.3 is 5.32 Å². The van der Waals surface area contributed by atoms with E-state index >= 15 is 0 Å². The Balaban J connectivity index is 1.83. The lowest BCUT2D eigenvalue weighted by Crippen LogP contribution is -2.06. The first-order valence-electron chi connectivity index (χ1n) is 5.42. The van der Waals surface area contributed by atoms with Crippen LogP contribution in [0.2, 0.25) is 4.34 Å². The molecule has 0 aliphatic heterocycles. The van der Waals surface area contributed by atoms with Crippen molar-refractivity contribution in [1.82, 2.24) is 0 Å². The molecule has 0 saturated carbocycles. The van der Waals surface area contributed by atoms with E-state index in [1.807, 2.05) is 6.07 Å². The molecular formula is C13H12ClNS. The van der Waals surface area contributed by atoms with Crippen LogP contribution in [0.15, 0.2) is 36.4 Å². The largest absolute Gasteiger partial charge is 0.378 e. The number of aryl methyl sites for hydroxylation is 1. The van der Waals surface area contributed by atoms with Crippen LogP contribution in [0.25, 0.3) is 0 Å². The van der Waals surface area contributed by atoms with Crippen molar-refractivity contribution >= 4 is 28.6 Å². The van der Waals surface area contributed by atoms with E-state index in [9.17, 15) is 0 Å². The number of thiophene rings is 1. The summed E-state index contributed by atoms with van der Waals surface area (Å²) >= 11 is 7.75. The number of anilines is 1. The fraction of sp³-hybridized carbons (Fsp3) is 0.231. The minimum atomic E-state index is 0.432. The van der Waals surface area contributed by atoms with Gasteiger partial charge in [0.05, 0.1) is 10.4 Å². The SMILES string of the molecule is Clc1cc2c(s1)CCC2Nc1ccccc1. The first kappa shape index (κ1) is 10.2. The second-order valence-electron chi connectivity index (χ2n) is 4.03. The number of rotatable bonds is 2. The molecule has 0 spiro atoms. The maximum Gasteiger partial charge on any atom is 0.0934 e. The third-order valence-corrected chi connectivity index (χ3v) is 4.30. The predicted molar refractivity (Wildman–Crippen MR) is 70.5 cm³/mol. The number of halogens is 1. The van der Waals surface area contributed by atoms with Crippen LogP contribution in [0.4, 0.5) is 5.69 Å². The van der Waals surface area contributed by atoms with Crippen LogP contribution in [-0.2, 0) is 6.42 Å². The molecule has 16 heavy (non-hydrogen) atoms. The molecule has 1 aliphatic carbocycles. The summed E-state index contributed by atoms with van der Waals surface area (Å²) in [5.41, 5.74) is 2.57. The van der Waals surface area contributed by atoms with Crippen LogP contribution < -0.4 is 5.32 Å². The van der Waals surface area contributed by atoms with Gasteiger partial charge in [0.1, 0.15) is 0 Å². The van der Waals surface area contributed by atoms with Crippen molar-refractivity contribution < 1.29 is 0 Å². The Morgan fingerprint density at radius 2 is 2.06 bits per heavy atom. The highest BCUT2D eigenvalue weighted by molar-refractivity contribution is 7.16. The van der Waals surface area contributed by atoms with E-state index in [4.69, 9.17) is 11.6 Å². The van der Waals surface area contributed by atoms with Gasteiger partial charge in [0.2, 0.25) is 0 Å². The molecule has 1 atom stereocenters. The summed E-state index contributed by atoms with van der Waals surface area (Å²) < 4.78 is 0.907. The van der Waals surface area contributed by atoms with Crippen molar-refractivity contribution in [2.75, 3.05) is 5.32 Å². The summed E-state index contributed by atoms with van der Waals surface area (Å²) in [5, 5.41) is 3.56. The lowest BCUT2D eigenvalue weighted by molar-refractivity contribution is 0.762. The van der Waals surface area contributed by atoms with E-state index in [0.717, 1.165) is 10.8 Å². The molecule has 0 fully saturated rings. The van der Waals surface area contributed by atoms with Crippen molar-refractivity contribution in [3.63, 3.8) is 0 Å². The zero-order valence-corrected chi connectivity index (χ0v) is 10.3. The van der Waals surface area contributed by atoms with Crippen LogP contribution in [-0.4, -0.2) is 0 Å². The van der Waals surface area contributed by atoms with Gasteiger partial charge in [-0.1, -0.05) is 29.8 Å². The Hall–Kier alpha value is -0.990. The topological polar surface area (TPSA) is 12.0 Å². The van der Waals surface area contributed by atoms with Gasteiger partial charge in [-0.3, -0.25) is 0 Å². The van der Waals surface area contributed by atoms with Crippen molar-refractivity contribution in [3.05, 3.63) is 51.2 Å². The van der Waals surface area contributed by atoms with Crippen LogP contribution >= 0.6 is 22.9 Å². The molecule has 0 saturated heterocycles. The first-order valence-corrected chi connectivity index (χ1v) is 6.62. The van der Waals surface area contributed by atoms with Gasteiger partial charge in [0, 0.05) is 10.6 Å². The molecular weight excluding hydrogens is 238 g/mol. The zero-order chi connectivity index (χ0) is 11.0. The molecule has 2 aromatic rings. The number of fused-ring (bicyclic) bond motifs is 1. The van der Waals surface area contributed by atoms with E-state index in [2.05, 4.69) is 35.6 Å². The summed E-state index contributed by atoms with van der Waals surface area (Å²) in [6, 6.07) is 12.9. The molecule has 0 radical (unpaired) electrons. The molecule has 1 heterocycles. The van der Waals surface area contributed by atoms with E-state index in [-0.39, 0.29) is 0 Å². The van der Waals surface area contributed by atoms with E-state index in [1.54, 1.807) is 11.3 Å². The normalized spacial score (nSPS) is 18.4.